The van der Waals surface area contributed by atoms with Gasteiger partial charge in [0.05, 0.1) is 0 Å². The zero-order chi connectivity index (χ0) is 20.4. The number of amides is 1. The lowest BCUT2D eigenvalue weighted by Gasteiger charge is -2.16. The molecule has 0 aliphatic heterocycles. The molecule has 2 aliphatic carbocycles. The Kier molecular flexibility index (Phi) is 5.09. The van der Waals surface area contributed by atoms with E-state index >= 15 is 0 Å². The third-order valence-corrected chi connectivity index (χ3v) is 5.96. The van der Waals surface area contributed by atoms with Crippen molar-refractivity contribution in [1.29, 1.82) is 0 Å². The third kappa shape index (κ3) is 3.62. The smallest absolute Gasteiger partial charge is 0.271 e. The number of oxime groups is 1. The number of primary amides is 1. The molecule has 2 aromatic rings. The minimum Gasteiger partial charge on any atom is -0.398 e. The van der Waals surface area contributed by atoms with Gasteiger partial charge in [0.2, 0.25) is 5.54 Å². The highest BCUT2D eigenvalue weighted by Crippen LogP contribution is 2.64. The highest BCUT2D eigenvalue weighted by atomic mass is 16.7. The third-order valence-electron chi connectivity index (χ3n) is 5.96. The van der Waals surface area contributed by atoms with Gasteiger partial charge in [0.1, 0.15) is 7.11 Å². The van der Waals surface area contributed by atoms with Crippen LogP contribution in [0, 0.1) is 11.8 Å². The molecule has 0 heterocycles. The molecule has 2 unspecified atom stereocenters. The summed E-state index contributed by atoms with van der Waals surface area (Å²) in [6, 6.07) is 17.8. The van der Waals surface area contributed by atoms with Crippen LogP contribution >= 0.6 is 0 Å². The van der Waals surface area contributed by atoms with Crippen molar-refractivity contribution in [2.75, 3.05) is 7.11 Å². The van der Waals surface area contributed by atoms with Crippen LogP contribution in [0.15, 0.2) is 59.8 Å². The monoisotopic (exact) mass is 392 g/mol. The van der Waals surface area contributed by atoms with Crippen molar-refractivity contribution >= 4 is 18.3 Å². The summed E-state index contributed by atoms with van der Waals surface area (Å²) in [7, 11) is 1.38. The largest absolute Gasteiger partial charge is 0.398 e. The molecule has 2 saturated carbocycles. The molecular formula is C23H26N3O3+. The highest BCUT2D eigenvalue weighted by Gasteiger charge is 2.71. The van der Waals surface area contributed by atoms with Crippen LogP contribution in [0.5, 0.6) is 0 Å². The van der Waals surface area contributed by atoms with Gasteiger partial charge in [0.25, 0.3) is 5.91 Å². The van der Waals surface area contributed by atoms with Crippen LogP contribution < -0.4 is 5.73 Å². The van der Waals surface area contributed by atoms with E-state index in [0.717, 1.165) is 17.9 Å². The van der Waals surface area contributed by atoms with E-state index in [4.69, 9.17) is 15.4 Å². The molecule has 4 rings (SSSR count). The predicted molar refractivity (Wildman–Crippen MR) is 110 cm³/mol. The van der Waals surface area contributed by atoms with Gasteiger partial charge in [-0.3, -0.25) is 9.63 Å². The average Bonchev–Trinajstić information content (AvgIpc) is 3.63. The SMILES string of the molecule is C=[N+](OCc1ccccc1C(=NOC)C(N)=O)C1(c2ccccc2)CC1C1CC1. The van der Waals surface area contributed by atoms with Gasteiger partial charge >= 0.3 is 0 Å². The second-order valence-corrected chi connectivity index (χ2v) is 7.73. The Labute approximate surface area is 170 Å². The zero-order valence-electron chi connectivity index (χ0n) is 16.6. The van der Waals surface area contributed by atoms with E-state index in [1.54, 1.807) is 10.8 Å². The number of carbonyl (C=O) groups is 1. The molecule has 2 aliphatic rings. The van der Waals surface area contributed by atoms with Crippen molar-refractivity contribution in [3.8, 4) is 0 Å². The zero-order valence-corrected chi connectivity index (χ0v) is 16.6. The van der Waals surface area contributed by atoms with Gasteiger partial charge < -0.3 is 10.6 Å². The molecule has 0 aromatic heterocycles. The maximum Gasteiger partial charge on any atom is 0.271 e. The van der Waals surface area contributed by atoms with Crippen molar-refractivity contribution in [2.24, 2.45) is 22.7 Å². The Bertz CT molecular complexity index is 953. The van der Waals surface area contributed by atoms with Gasteiger partial charge in [-0.25, -0.2) is 0 Å². The molecule has 0 radical (unpaired) electrons. The molecule has 150 valence electrons. The molecule has 6 nitrogen and oxygen atoms in total. The summed E-state index contributed by atoms with van der Waals surface area (Å²) in [5.74, 6) is 0.669. The molecule has 0 bridgehead atoms. The summed E-state index contributed by atoms with van der Waals surface area (Å²) in [6.45, 7) is 4.49. The lowest BCUT2D eigenvalue weighted by atomic mass is 10.0. The number of nitrogens with zero attached hydrogens (tertiary/aromatic N) is 2. The highest BCUT2D eigenvalue weighted by molar-refractivity contribution is 6.45. The fraction of sp³-hybridized carbons (Fsp3) is 0.348. The van der Waals surface area contributed by atoms with Gasteiger partial charge in [-0.05, 0) is 23.5 Å². The van der Waals surface area contributed by atoms with Crippen LogP contribution in [0.1, 0.15) is 36.0 Å². The van der Waals surface area contributed by atoms with Crippen LogP contribution in [0.25, 0.3) is 0 Å². The van der Waals surface area contributed by atoms with Crippen LogP contribution in [0.2, 0.25) is 0 Å². The van der Waals surface area contributed by atoms with Gasteiger partial charge in [0, 0.05) is 29.0 Å². The Balaban J connectivity index is 1.56. The normalized spacial score (nSPS) is 23.3. The van der Waals surface area contributed by atoms with Gasteiger partial charge in [-0.2, -0.15) is 0 Å². The summed E-state index contributed by atoms with van der Waals surface area (Å²) in [6.07, 6.45) is 3.61. The molecule has 1 amide bonds. The van der Waals surface area contributed by atoms with E-state index in [9.17, 15) is 4.79 Å². The first-order chi connectivity index (χ1) is 14.1. The molecule has 6 heteroatoms. The molecule has 2 fully saturated rings. The number of hydroxylamine groups is 1. The molecule has 0 saturated heterocycles. The van der Waals surface area contributed by atoms with E-state index in [2.05, 4.69) is 36.1 Å². The van der Waals surface area contributed by atoms with Gasteiger partial charge in [-0.15, -0.1) is 0 Å². The second kappa shape index (κ2) is 7.70. The number of nitrogens with two attached hydrogens (primary N) is 1. The van der Waals surface area contributed by atoms with Crippen molar-refractivity contribution in [3.05, 3.63) is 71.3 Å². The summed E-state index contributed by atoms with van der Waals surface area (Å²) in [5, 5.41) is 3.79. The summed E-state index contributed by atoms with van der Waals surface area (Å²) >= 11 is 0. The van der Waals surface area contributed by atoms with Gasteiger partial charge in [-0.1, -0.05) is 59.8 Å². The first-order valence-corrected chi connectivity index (χ1v) is 9.86. The van der Waals surface area contributed by atoms with Crippen LogP contribution in [0.3, 0.4) is 0 Å². The Morgan fingerprint density at radius 2 is 1.90 bits per heavy atom. The van der Waals surface area contributed by atoms with E-state index in [0.29, 0.717) is 11.5 Å². The molecule has 0 spiro atoms. The van der Waals surface area contributed by atoms with Crippen molar-refractivity contribution in [1.82, 2.24) is 0 Å². The first-order valence-electron chi connectivity index (χ1n) is 9.86. The average molecular weight is 392 g/mol. The minimum absolute atomic E-state index is 0.0716. The van der Waals surface area contributed by atoms with E-state index in [1.165, 1.54) is 25.5 Å². The maximum absolute atomic E-state index is 11.8. The van der Waals surface area contributed by atoms with Crippen molar-refractivity contribution in [3.63, 3.8) is 0 Å². The summed E-state index contributed by atoms with van der Waals surface area (Å²) in [4.78, 5) is 22.7. The lowest BCUT2D eigenvalue weighted by molar-refractivity contribution is -0.829. The number of hydrogen-bond acceptors (Lipinski definition) is 4. The molecule has 2 N–H and O–H groups in total. The van der Waals surface area contributed by atoms with Crippen LogP contribution in [-0.2, 0) is 26.6 Å². The minimum atomic E-state index is -0.650. The van der Waals surface area contributed by atoms with Crippen LogP contribution in [0.4, 0.5) is 0 Å². The standard InChI is InChI=1S/C23H25N3O3/c1-26(23(14-20(23)16-12-13-16)18-9-4-3-5-10-18)29-15-17-8-6-7-11-19(17)21(22(24)27)25-28-2/h3-11,16,20H,1,12-15H2,2H3,(H-,24,27)/p+1. The Morgan fingerprint density at radius 3 is 2.55 bits per heavy atom. The topological polar surface area (TPSA) is 76.9 Å². The van der Waals surface area contributed by atoms with E-state index in [-0.39, 0.29) is 17.9 Å². The predicted octanol–water partition coefficient (Wildman–Crippen LogP) is 2.99. The molecule has 29 heavy (non-hydrogen) atoms. The maximum atomic E-state index is 11.8. The Morgan fingerprint density at radius 1 is 1.21 bits per heavy atom. The van der Waals surface area contributed by atoms with Crippen molar-refractivity contribution in [2.45, 2.75) is 31.4 Å². The van der Waals surface area contributed by atoms with Crippen LogP contribution in [-0.4, -0.2) is 30.2 Å². The molecule has 2 atom stereocenters. The quantitative estimate of drug-likeness (QED) is 0.405. The fourth-order valence-electron chi connectivity index (χ4n) is 4.28. The molecule has 2 aromatic carbocycles. The van der Waals surface area contributed by atoms with E-state index in [1.807, 2.05) is 24.3 Å². The lowest BCUT2D eigenvalue weighted by Crippen LogP contribution is -2.29. The number of benzene rings is 2. The van der Waals surface area contributed by atoms with Crippen molar-refractivity contribution < 1.29 is 19.2 Å². The molecular weight excluding hydrogens is 366 g/mol. The van der Waals surface area contributed by atoms with E-state index < -0.39 is 5.91 Å². The number of carbonyl (C=O) groups excluding carboxylic acids is 1. The van der Waals surface area contributed by atoms with Gasteiger partial charge in [0.15, 0.2) is 19.0 Å². The summed E-state index contributed by atoms with van der Waals surface area (Å²) in [5.41, 5.74) is 7.99. The number of rotatable bonds is 9. The summed E-state index contributed by atoms with van der Waals surface area (Å²) < 4.78 is 1.76. The second-order valence-electron chi connectivity index (χ2n) is 7.73. The fourth-order valence-corrected chi connectivity index (χ4v) is 4.28. The number of hydrogen-bond donors (Lipinski definition) is 1. The first kappa shape index (κ1) is 19.2. The Hall–Kier alpha value is -3.15.